The third-order valence-electron chi connectivity index (χ3n) is 3.00. The van der Waals surface area contributed by atoms with Crippen LogP contribution in [0, 0.1) is 5.82 Å². The van der Waals surface area contributed by atoms with Gasteiger partial charge in [-0.25, -0.2) is 4.39 Å². The number of nitrogens with zero attached hydrogens (tertiary/aromatic N) is 1. The quantitative estimate of drug-likeness (QED) is 0.883. The van der Waals surface area contributed by atoms with Gasteiger partial charge in [-0.05, 0) is 53.2 Å². The molecular formula is C14H16BrFN2S. The van der Waals surface area contributed by atoms with Crippen LogP contribution in [0.4, 0.5) is 10.1 Å². The summed E-state index contributed by atoms with van der Waals surface area (Å²) < 4.78 is 14.5. The second-order valence-electron chi connectivity index (χ2n) is 4.16. The Morgan fingerprint density at radius 1 is 1.37 bits per heavy atom. The van der Waals surface area contributed by atoms with Gasteiger partial charge in [0.2, 0.25) is 0 Å². The first-order valence-electron chi connectivity index (χ1n) is 6.13. The fourth-order valence-electron chi connectivity index (χ4n) is 2.14. The third kappa shape index (κ3) is 3.35. The standard InChI is InChI=1S/C14H16BrFN2S/c1-2-18(11-5-3-4-10(16)8-11)12(9-17)13-6-7-14(15)19-13/h3-8,12H,2,9,17H2,1H3. The van der Waals surface area contributed by atoms with Gasteiger partial charge in [-0.1, -0.05) is 6.07 Å². The number of benzene rings is 1. The first-order valence-corrected chi connectivity index (χ1v) is 7.74. The van der Waals surface area contributed by atoms with Gasteiger partial charge in [0, 0.05) is 23.7 Å². The number of likely N-dealkylation sites (N-methyl/N-ethyl adjacent to an activating group) is 1. The highest BCUT2D eigenvalue weighted by atomic mass is 79.9. The van der Waals surface area contributed by atoms with Crippen molar-refractivity contribution in [1.82, 2.24) is 0 Å². The number of halogens is 2. The van der Waals surface area contributed by atoms with Gasteiger partial charge in [0.05, 0.1) is 9.83 Å². The van der Waals surface area contributed by atoms with Crippen LogP contribution < -0.4 is 10.6 Å². The second-order valence-corrected chi connectivity index (χ2v) is 6.65. The molecule has 0 fully saturated rings. The van der Waals surface area contributed by atoms with E-state index in [-0.39, 0.29) is 11.9 Å². The number of rotatable bonds is 5. The molecule has 2 N–H and O–H groups in total. The lowest BCUT2D eigenvalue weighted by Gasteiger charge is -2.31. The molecule has 0 spiro atoms. The van der Waals surface area contributed by atoms with Crippen LogP contribution in [0.1, 0.15) is 17.8 Å². The van der Waals surface area contributed by atoms with E-state index in [1.54, 1.807) is 23.5 Å². The Bertz CT molecular complexity index is 544. The minimum atomic E-state index is -0.223. The van der Waals surface area contributed by atoms with Gasteiger partial charge < -0.3 is 10.6 Å². The zero-order valence-electron chi connectivity index (χ0n) is 10.6. The van der Waals surface area contributed by atoms with Crippen LogP contribution in [0.2, 0.25) is 0 Å². The lowest BCUT2D eigenvalue weighted by Crippen LogP contribution is -2.33. The summed E-state index contributed by atoms with van der Waals surface area (Å²) in [4.78, 5) is 3.31. The minimum Gasteiger partial charge on any atom is -0.363 e. The average Bonchev–Trinajstić information content (AvgIpc) is 2.82. The highest BCUT2D eigenvalue weighted by Crippen LogP contribution is 2.33. The predicted octanol–water partition coefficient (Wildman–Crippen LogP) is 4.18. The number of anilines is 1. The summed E-state index contributed by atoms with van der Waals surface area (Å²) in [6.45, 7) is 3.33. The van der Waals surface area contributed by atoms with Crippen molar-refractivity contribution in [2.75, 3.05) is 18.0 Å². The van der Waals surface area contributed by atoms with Crippen molar-refractivity contribution in [3.05, 3.63) is 50.9 Å². The molecule has 102 valence electrons. The predicted molar refractivity (Wildman–Crippen MR) is 83.2 cm³/mol. The van der Waals surface area contributed by atoms with Gasteiger partial charge in [0.15, 0.2) is 0 Å². The molecule has 0 saturated heterocycles. The first kappa shape index (κ1) is 14.5. The number of hydrogen-bond donors (Lipinski definition) is 1. The Balaban J connectivity index is 2.33. The zero-order chi connectivity index (χ0) is 13.8. The Labute approximate surface area is 125 Å². The summed E-state index contributed by atoms with van der Waals surface area (Å²) in [6.07, 6.45) is 0. The lowest BCUT2D eigenvalue weighted by molar-refractivity contribution is 0.618. The summed E-state index contributed by atoms with van der Waals surface area (Å²) in [5.74, 6) is -0.223. The number of nitrogens with two attached hydrogens (primary N) is 1. The Kier molecular flexibility index (Phi) is 4.96. The summed E-state index contributed by atoms with van der Waals surface area (Å²) in [6, 6.07) is 10.8. The van der Waals surface area contributed by atoms with E-state index in [4.69, 9.17) is 5.73 Å². The van der Waals surface area contributed by atoms with Gasteiger partial charge in [-0.3, -0.25) is 0 Å². The van der Waals surface area contributed by atoms with Crippen LogP contribution in [-0.4, -0.2) is 13.1 Å². The molecule has 0 saturated carbocycles. The second kappa shape index (κ2) is 6.50. The minimum absolute atomic E-state index is 0.0723. The molecule has 0 bridgehead atoms. The molecule has 1 unspecified atom stereocenters. The Hall–Kier alpha value is -0.910. The molecule has 19 heavy (non-hydrogen) atoms. The summed E-state index contributed by atoms with van der Waals surface area (Å²) >= 11 is 5.13. The number of thiophene rings is 1. The lowest BCUT2D eigenvalue weighted by atomic mass is 10.1. The first-order chi connectivity index (χ1) is 9.15. The van der Waals surface area contributed by atoms with Gasteiger partial charge >= 0.3 is 0 Å². The van der Waals surface area contributed by atoms with Gasteiger partial charge in [0.25, 0.3) is 0 Å². The van der Waals surface area contributed by atoms with Crippen LogP contribution >= 0.6 is 27.3 Å². The molecule has 2 rings (SSSR count). The van der Waals surface area contributed by atoms with Crippen molar-refractivity contribution in [3.8, 4) is 0 Å². The molecule has 1 heterocycles. The van der Waals surface area contributed by atoms with Crippen LogP contribution in [0.3, 0.4) is 0 Å². The van der Waals surface area contributed by atoms with E-state index >= 15 is 0 Å². The molecule has 1 atom stereocenters. The van der Waals surface area contributed by atoms with Crippen LogP contribution in [0.15, 0.2) is 40.2 Å². The topological polar surface area (TPSA) is 29.3 Å². The van der Waals surface area contributed by atoms with E-state index in [9.17, 15) is 4.39 Å². The molecule has 1 aromatic carbocycles. The van der Waals surface area contributed by atoms with Gasteiger partial charge in [-0.2, -0.15) is 0 Å². The van der Waals surface area contributed by atoms with Gasteiger partial charge in [0.1, 0.15) is 5.82 Å². The molecule has 0 aliphatic heterocycles. The maximum Gasteiger partial charge on any atom is 0.125 e. The van der Waals surface area contributed by atoms with Crippen molar-refractivity contribution in [3.63, 3.8) is 0 Å². The summed E-state index contributed by atoms with van der Waals surface area (Å²) in [7, 11) is 0. The molecule has 0 amide bonds. The number of hydrogen-bond acceptors (Lipinski definition) is 3. The molecule has 1 aromatic heterocycles. The van der Waals surface area contributed by atoms with Crippen molar-refractivity contribution in [1.29, 1.82) is 0 Å². The van der Waals surface area contributed by atoms with E-state index in [1.165, 1.54) is 10.9 Å². The summed E-state index contributed by atoms with van der Waals surface area (Å²) in [5.41, 5.74) is 6.79. The van der Waals surface area contributed by atoms with Gasteiger partial charge in [-0.15, -0.1) is 11.3 Å². The molecule has 2 nitrogen and oxygen atoms in total. The smallest absolute Gasteiger partial charge is 0.125 e. The van der Waals surface area contributed by atoms with Crippen molar-refractivity contribution >= 4 is 33.0 Å². The van der Waals surface area contributed by atoms with E-state index < -0.39 is 0 Å². The Morgan fingerprint density at radius 2 is 2.16 bits per heavy atom. The SMILES string of the molecule is CCN(c1cccc(F)c1)C(CN)c1ccc(Br)s1. The van der Waals surface area contributed by atoms with Crippen molar-refractivity contribution < 1.29 is 4.39 Å². The normalized spacial score (nSPS) is 12.4. The van der Waals surface area contributed by atoms with E-state index in [1.807, 2.05) is 12.1 Å². The molecule has 2 aromatic rings. The molecule has 0 aliphatic rings. The van der Waals surface area contributed by atoms with E-state index in [0.717, 1.165) is 16.0 Å². The zero-order valence-corrected chi connectivity index (χ0v) is 13.0. The van der Waals surface area contributed by atoms with Crippen LogP contribution in [0.25, 0.3) is 0 Å². The van der Waals surface area contributed by atoms with Crippen molar-refractivity contribution in [2.24, 2.45) is 5.73 Å². The molecular weight excluding hydrogens is 327 g/mol. The average molecular weight is 343 g/mol. The molecule has 0 aliphatic carbocycles. The highest BCUT2D eigenvalue weighted by molar-refractivity contribution is 9.11. The van der Waals surface area contributed by atoms with E-state index in [2.05, 4.69) is 33.8 Å². The van der Waals surface area contributed by atoms with E-state index in [0.29, 0.717) is 6.54 Å². The molecule has 5 heteroatoms. The summed E-state index contributed by atoms with van der Waals surface area (Å²) in [5, 5.41) is 0. The fourth-order valence-corrected chi connectivity index (χ4v) is 3.69. The highest BCUT2D eigenvalue weighted by Gasteiger charge is 2.20. The Morgan fingerprint density at radius 3 is 2.68 bits per heavy atom. The largest absolute Gasteiger partial charge is 0.363 e. The maximum atomic E-state index is 13.4. The van der Waals surface area contributed by atoms with Crippen LogP contribution in [-0.2, 0) is 0 Å². The maximum absolute atomic E-state index is 13.4. The third-order valence-corrected chi connectivity index (χ3v) is 4.73. The monoisotopic (exact) mass is 342 g/mol. The van der Waals surface area contributed by atoms with Crippen molar-refractivity contribution in [2.45, 2.75) is 13.0 Å². The molecule has 0 radical (unpaired) electrons. The van der Waals surface area contributed by atoms with Crippen LogP contribution in [0.5, 0.6) is 0 Å². The fraction of sp³-hybridized carbons (Fsp3) is 0.286.